The van der Waals surface area contributed by atoms with Crippen LogP contribution < -0.4 is 10.1 Å². The number of amides is 1. The van der Waals surface area contributed by atoms with Crippen molar-refractivity contribution in [3.63, 3.8) is 0 Å². The minimum atomic E-state index is -0.185. The van der Waals surface area contributed by atoms with E-state index in [1.54, 1.807) is 31.4 Å². The van der Waals surface area contributed by atoms with Gasteiger partial charge >= 0.3 is 0 Å². The van der Waals surface area contributed by atoms with Crippen LogP contribution in [-0.2, 0) is 15.9 Å². The van der Waals surface area contributed by atoms with Gasteiger partial charge in [0, 0.05) is 11.8 Å². The molecule has 31 heavy (non-hydrogen) atoms. The molecular formula is C23H30N4O4. The van der Waals surface area contributed by atoms with Crippen LogP contribution in [0.4, 0.5) is 0 Å². The maximum atomic E-state index is 12.6. The Hall–Kier alpha value is -2.45. The number of nitrogens with one attached hydrogen (secondary N) is 1. The van der Waals surface area contributed by atoms with Crippen LogP contribution in [0, 0.1) is 5.92 Å². The fourth-order valence-electron chi connectivity index (χ4n) is 5.08. The first kappa shape index (κ1) is 20.5. The van der Waals surface area contributed by atoms with Crippen LogP contribution in [0.3, 0.4) is 0 Å². The maximum absolute atomic E-state index is 12.6. The maximum Gasteiger partial charge on any atom is 0.251 e. The van der Waals surface area contributed by atoms with E-state index in [1.165, 1.54) is 32.1 Å². The van der Waals surface area contributed by atoms with Gasteiger partial charge in [-0.15, -0.1) is 5.10 Å². The Morgan fingerprint density at radius 3 is 2.68 bits per heavy atom. The van der Waals surface area contributed by atoms with Gasteiger partial charge in [-0.25, -0.2) is 4.68 Å². The second kappa shape index (κ2) is 8.96. The van der Waals surface area contributed by atoms with Crippen molar-refractivity contribution in [3.8, 4) is 5.75 Å². The molecule has 1 saturated carbocycles. The van der Waals surface area contributed by atoms with Gasteiger partial charge in [0.15, 0.2) is 0 Å². The molecule has 4 atom stereocenters. The molecule has 1 N–H and O–H groups in total. The van der Waals surface area contributed by atoms with Crippen molar-refractivity contribution in [3.05, 3.63) is 41.7 Å². The Labute approximate surface area is 182 Å². The SMILES string of the molecule is COc1ccc(C(=O)N[C@H]2CO[C@H]3[C@@H]2OC[C@@H]3n2cc(CC3CCCCC3)nn2)cc1. The minimum Gasteiger partial charge on any atom is -0.497 e. The molecule has 0 spiro atoms. The molecular weight excluding hydrogens is 396 g/mol. The van der Waals surface area contributed by atoms with Gasteiger partial charge in [-0.05, 0) is 36.6 Å². The van der Waals surface area contributed by atoms with Crippen molar-refractivity contribution in [2.75, 3.05) is 20.3 Å². The zero-order valence-corrected chi connectivity index (χ0v) is 17.9. The number of methoxy groups -OCH3 is 1. The van der Waals surface area contributed by atoms with Gasteiger partial charge in [0.2, 0.25) is 0 Å². The summed E-state index contributed by atoms with van der Waals surface area (Å²) in [7, 11) is 1.60. The average molecular weight is 427 g/mol. The summed E-state index contributed by atoms with van der Waals surface area (Å²) < 4.78 is 19.1. The van der Waals surface area contributed by atoms with Crippen molar-refractivity contribution in [1.82, 2.24) is 20.3 Å². The quantitative estimate of drug-likeness (QED) is 0.764. The third-order valence-electron chi connectivity index (χ3n) is 6.82. The van der Waals surface area contributed by atoms with Crippen LogP contribution in [0.5, 0.6) is 5.75 Å². The molecule has 5 rings (SSSR count). The normalized spacial score (nSPS) is 28.4. The van der Waals surface area contributed by atoms with E-state index in [-0.39, 0.29) is 30.2 Å². The lowest BCUT2D eigenvalue weighted by molar-refractivity contribution is 0.0613. The zero-order chi connectivity index (χ0) is 21.2. The third kappa shape index (κ3) is 4.32. The first-order valence-corrected chi connectivity index (χ1v) is 11.3. The number of fused-ring (bicyclic) bond motifs is 1. The third-order valence-corrected chi connectivity index (χ3v) is 6.82. The molecule has 166 valence electrons. The smallest absolute Gasteiger partial charge is 0.251 e. The molecule has 0 unspecified atom stereocenters. The standard InChI is InChI=1S/C23H30N4O4/c1-29-18-9-7-16(8-10-18)23(28)24-19-13-30-22-20(14-31-21(19)22)27-12-17(25-26-27)11-15-5-3-2-4-6-15/h7-10,12,15,19-22H,2-6,11,13-14H2,1H3,(H,24,28)/t19-,20-,21+,22+/m0/s1. The monoisotopic (exact) mass is 426 g/mol. The van der Waals surface area contributed by atoms with Gasteiger partial charge < -0.3 is 19.5 Å². The lowest BCUT2D eigenvalue weighted by Crippen LogP contribution is -2.44. The van der Waals surface area contributed by atoms with Crippen molar-refractivity contribution in [2.45, 2.75) is 62.8 Å². The van der Waals surface area contributed by atoms with Crippen LogP contribution >= 0.6 is 0 Å². The van der Waals surface area contributed by atoms with Gasteiger partial charge in [0.1, 0.15) is 24.0 Å². The van der Waals surface area contributed by atoms with E-state index >= 15 is 0 Å². The first-order chi connectivity index (χ1) is 15.2. The van der Waals surface area contributed by atoms with Crippen molar-refractivity contribution in [1.29, 1.82) is 0 Å². The van der Waals surface area contributed by atoms with E-state index in [0.29, 0.717) is 18.8 Å². The summed E-state index contributed by atoms with van der Waals surface area (Å²) in [5, 5.41) is 11.9. The number of ether oxygens (including phenoxy) is 3. The number of benzene rings is 1. The fraction of sp³-hybridized carbons (Fsp3) is 0.609. The highest BCUT2D eigenvalue weighted by Crippen LogP contribution is 2.34. The molecule has 3 fully saturated rings. The predicted molar refractivity (Wildman–Crippen MR) is 113 cm³/mol. The Balaban J connectivity index is 1.19. The van der Waals surface area contributed by atoms with Crippen LogP contribution in [0.1, 0.15) is 54.2 Å². The van der Waals surface area contributed by atoms with Crippen molar-refractivity contribution in [2.24, 2.45) is 5.92 Å². The number of rotatable bonds is 6. The minimum absolute atomic E-state index is 0.0134. The molecule has 8 nitrogen and oxygen atoms in total. The number of carbonyl (C=O) groups excluding carboxylic acids is 1. The Morgan fingerprint density at radius 1 is 1.13 bits per heavy atom. The second-order valence-corrected chi connectivity index (χ2v) is 8.87. The highest BCUT2D eigenvalue weighted by atomic mass is 16.6. The van der Waals surface area contributed by atoms with E-state index < -0.39 is 0 Å². The average Bonchev–Trinajstić information content (AvgIpc) is 3.52. The lowest BCUT2D eigenvalue weighted by atomic mass is 9.86. The number of aromatic nitrogens is 3. The van der Waals surface area contributed by atoms with Gasteiger partial charge in [-0.3, -0.25) is 4.79 Å². The van der Waals surface area contributed by atoms with Gasteiger partial charge in [-0.1, -0.05) is 37.3 Å². The molecule has 2 aliphatic heterocycles. The molecule has 1 amide bonds. The summed E-state index contributed by atoms with van der Waals surface area (Å²) in [6.45, 7) is 0.938. The van der Waals surface area contributed by atoms with Crippen LogP contribution in [-0.4, -0.2) is 59.5 Å². The fourth-order valence-corrected chi connectivity index (χ4v) is 5.08. The summed E-state index contributed by atoms with van der Waals surface area (Å²) in [4.78, 5) is 12.6. The Morgan fingerprint density at radius 2 is 1.90 bits per heavy atom. The van der Waals surface area contributed by atoms with Crippen LogP contribution in [0.25, 0.3) is 0 Å². The van der Waals surface area contributed by atoms with E-state index in [4.69, 9.17) is 14.2 Å². The molecule has 3 heterocycles. The van der Waals surface area contributed by atoms with E-state index in [0.717, 1.165) is 23.8 Å². The summed E-state index contributed by atoms with van der Waals surface area (Å²) in [5.74, 6) is 1.31. The van der Waals surface area contributed by atoms with E-state index in [9.17, 15) is 4.79 Å². The molecule has 2 saturated heterocycles. The summed E-state index contributed by atoms with van der Waals surface area (Å²) >= 11 is 0. The predicted octanol–water partition coefficient (Wildman–Crippen LogP) is 2.55. The molecule has 1 aromatic carbocycles. The second-order valence-electron chi connectivity index (χ2n) is 8.87. The Kier molecular flexibility index (Phi) is 5.91. The Bertz CT molecular complexity index is 893. The zero-order valence-electron chi connectivity index (χ0n) is 17.9. The number of hydrogen-bond acceptors (Lipinski definition) is 6. The largest absolute Gasteiger partial charge is 0.497 e. The molecule has 0 bridgehead atoms. The van der Waals surface area contributed by atoms with E-state index in [1.807, 2.05) is 4.68 Å². The number of carbonyl (C=O) groups is 1. The molecule has 2 aromatic rings. The highest BCUT2D eigenvalue weighted by molar-refractivity contribution is 5.94. The molecule has 1 aromatic heterocycles. The topological polar surface area (TPSA) is 87.5 Å². The summed E-state index contributed by atoms with van der Waals surface area (Å²) in [5.41, 5.74) is 1.64. The number of nitrogens with zero attached hydrogens (tertiary/aromatic N) is 3. The summed E-state index contributed by atoms with van der Waals surface area (Å²) in [6, 6.07) is 6.86. The van der Waals surface area contributed by atoms with E-state index in [2.05, 4.69) is 21.8 Å². The van der Waals surface area contributed by atoms with Gasteiger partial charge in [0.25, 0.3) is 5.91 Å². The summed E-state index contributed by atoms with van der Waals surface area (Å²) in [6.07, 6.45) is 9.35. The molecule has 0 radical (unpaired) electrons. The van der Waals surface area contributed by atoms with Crippen molar-refractivity contribution < 1.29 is 19.0 Å². The molecule has 8 heteroatoms. The van der Waals surface area contributed by atoms with Crippen LogP contribution in [0.2, 0.25) is 0 Å². The van der Waals surface area contributed by atoms with Crippen molar-refractivity contribution >= 4 is 5.91 Å². The van der Waals surface area contributed by atoms with Gasteiger partial charge in [-0.2, -0.15) is 0 Å². The van der Waals surface area contributed by atoms with Gasteiger partial charge in [0.05, 0.1) is 32.1 Å². The first-order valence-electron chi connectivity index (χ1n) is 11.3. The molecule has 1 aliphatic carbocycles. The highest BCUT2D eigenvalue weighted by Gasteiger charge is 2.49. The molecule has 3 aliphatic rings. The lowest BCUT2D eigenvalue weighted by Gasteiger charge is -2.20. The number of hydrogen-bond donors (Lipinski definition) is 1. The van der Waals surface area contributed by atoms with Crippen LogP contribution in [0.15, 0.2) is 30.5 Å².